The number of hydrogen-bond acceptors (Lipinski definition) is 0. The van der Waals surface area contributed by atoms with E-state index in [0.29, 0.717) is 0 Å². The first-order valence-corrected chi connectivity index (χ1v) is 5.76. The van der Waals surface area contributed by atoms with Gasteiger partial charge in [0.1, 0.15) is 0 Å². The molecule has 0 aliphatic carbocycles. The second-order valence-corrected chi connectivity index (χ2v) is 3.91. The van der Waals surface area contributed by atoms with Gasteiger partial charge in [-0.1, -0.05) is 51.5 Å². The first-order valence-electron chi connectivity index (χ1n) is 5.76. The molecule has 0 amide bonds. The van der Waals surface area contributed by atoms with Gasteiger partial charge in [0.05, 0.1) is 0 Å². The lowest BCUT2D eigenvalue weighted by molar-refractivity contribution is 0.476. The summed E-state index contributed by atoms with van der Waals surface area (Å²) in [6, 6.07) is 0. The number of rotatable bonds is 3. The van der Waals surface area contributed by atoms with E-state index in [1.165, 1.54) is 5.57 Å². The lowest BCUT2D eigenvalue weighted by Gasteiger charge is -2.19. The third-order valence-electron chi connectivity index (χ3n) is 1.78. The highest BCUT2D eigenvalue weighted by molar-refractivity contribution is 5.03. The topological polar surface area (TPSA) is 0 Å². The highest BCUT2D eigenvalue weighted by Gasteiger charge is 2.12. The minimum Gasteiger partial charge on any atom is -0.103 e. The fourth-order valence-electron chi connectivity index (χ4n) is 0.893. The molecule has 0 saturated carbocycles. The molecule has 0 bridgehead atoms. The summed E-state index contributed by atoms with van der Waals surface area (Å²) in [5, 5.41) is 0. The van der Waals surface area contributed by atoms with Gasteiger partial charge >= 0.3 is 0 Å². The molecule has 0 aliphatic rings. The van der Waals surface area contributed by atoms with Crippen molar-refractivity contribution in [3.05, 3.63) is 37.0 Å². The quantitative estimate of drug-likeness (QED) is 0.518. The average molecular weight is 210 g/mol. The Hall–Kier alpha value is -0.780. The van der Waals surface area contributed by atoms with Crippen LogP contribution < -0.4 is 0 Å². The van der Waals surface area contributed by atoms with Crippen molar-refractivity contribution < 1.29 is 0 Å². The Labute approximate surface area is 97.8 Å². The van der Waals surface area contributed by atoms with Gasteiger partial charge in [-0.15, -0.1) is 13.2 Å². The van der Waals surface area contributed by atoms with Crippen molar-refractivity contribution in [1.82, 2.24) is 0 Å². The first-order chi connectivity index (χ1) is 6.93. The zero-order chi connectivity index (χ0) is 12.9. The first kappa shape index (κ1) is 19.7. The van der Waals surface area contributed by atoms with Gasteiger partial charge in [0.15, 0.2) is 0 Å². The molecule has 0 spiro atoms. The molecule has 0 N–H and O–H groups in total. The van der Waals surface area contributed by atoms with Gasteiger partial charge in [0.25, 0.3) is 0 Å². The van der Waals surface area contributed by atoms with E-state index in [1.807, 2.05) is 26.8 Å². The molecule has 0 unspecified atom stereocenters. The van der Waals surface area contributed by atoms with Crippen LogP contribution in [0.25, 0.3) is 0 Å². The summed E-state index contributed by atoms with van der Waals surface area (Å²) in [5.41, 5.74) is 1.70. The minimum atomic E-state index is 0.261. The van der Waals surface area contributed by atoms with Crippen molar-refractivity contribution in [2.45, 2.75) is 54.9 Å². The van der Waals surface area contributed by atoms with E-state index in [2.05, 4.69) is 46.9 Å². The Balaban J connectivity index is -0.000000245. The van der Waals surface area contributed by atoms with Gasteiger partial charge in [0.2, 0.25) is 0 Å². The summed E-state index contributed by atoms with van der Waals surface area (Å²) in [6.07, 6.45) is 7.04. The molecule has 0 aromatic carbocycles. The average Bonchev–Trinajstić information content (AvgIpc) is 2.21. The molecule has 15 heavy (non-hydrogen) atoms. The van der Waals surface area contributed by atoms with Crippen LogP contribution in [-0.4, -0.2) is 0 Å². The van der Waals surface area contributed by atoms with Crippen molar-refractivity contribution in [2.24, 2.45) is 5.41 Å². The van der Waals surface area contributed by atoms with Gasteiger partial charge in [0, 0.05) is 0 Å². The molecule has 0 radical (unpaired) electrons. The highest BCUT2D eigenvalue weighted by atomic mass is 14.2. The predicted octanol–water partition coefficient (Wildman–Crippen LogP) is 5.77. The van der Waals surface area contributed by atoms with Crippen molar-refractivity contribution in [2.75, 3.05) is 0 Å². The second-order valence-electron chi connectivity index (χ2n) is 3.91. The second kappa shape index (κ2) is 13.2. The lowest BCUT2D eigenvalue weighted by Crippen LogP contribution is -2.06. The monoisotopic (exact) mass is 210 g/mol. The molecular formula is C15H30. The van der Waals surface area contributed by atoms with Crippen LogP contribution in [0.5, 0.6) is 0 Å². The van der Waals surface area contributed by atoms with E-state index in [-0.39, 0.29) is 5.41 Å². The Morgan fingerprint density at radius 3 is 1.67 bits per heavy atom. The largest absolute Gasteiger partial charge is 0.103 e. The summed E-state index contributed by atoms with van der Waals surface area (Å²) in [6.45, 7) is 21.7. The fraction of sp³-hybridized carbons (Fsp3) is 0.600. The van der Waals surface area contributed by atoms with Crippen LogP contribution in [0, 0.1) is 5.41 Å². The van der Waals surface area contributed by atoms with E-state index in [1.54, 1.807) is 6.08 Å². The van der Waals surface area contributed by atoms with Crippen LogP contribution >= 0.6 is 0 Å². The molecule has 0 rings (SSSR count). The Kier molecular flexibility index (Phi) is 17.4. The molecule has 0 aromatic heterocycles. The van der Waals surface area contributed by atoms with Crippen LogP contribution in [0.3, 0.4) is 0 Å². The molecule has 0 heterocycles. The summed E-state index contributed by atoms with van der Waals surface area (Å²) < 4.78 is 0. The van der Waals surface area contributed by atoms with Crippen molar-refractivity contribution in [1.29, 1.82) is 0 Å². The van der Waals surface area contributed by atoms with Crippen LogP contribution in [0.1, 0.15) is 54.9 Å². The van der Waals surface area contributed by atoms with Crippen LogP contribution in [0.2, 0.25) is 0 Å². The minimum absolute atomic E-state index is 0.261. The third kappa shape index (κ3) is 19.6. The zero-order valence-corrected chi connectivity index (χ0v) is 11.9. The zero-order valence-electron chi connectivity index (χ0n) is 11.9. The summed E-state index contributed by atoms with van der Waals surface area (Å²) in [4.78, 5) is 0. The molecule has 0 fully saturated rings. The van der Waals surface area contributed by atoms with Gasteiger partial charge in [-0.25, -0.2) is 0 Å². The fourth-order valence-corrected chi connectivity index (χ4v) is 0.893. The molecule has 90 valence electrons. The normalized spacial score (nSPS) is 10.2. The van der Waals surface area contributed by atoms with E-state index >= 15 is 0 Å². The maximum atomic E-state index is 3.79. The van der Waals surface area contributed by atoms with Gasteiger partial charge in [-0.3, -0.25) is 0 Å². The standard InChI is InChI=1S/C10H18.C3H6.C2H6/c1-6-9(3)8-10(4,5)7-2;1-3-2;1-2/h6-7H,2,8H2,1,3-5H3;3H,1H2,2H3;1-2H3/b9-6-;;. The maximum absolute atomic E-state index is 3.79. The molecular weight excluding hydrogens is 180 g/mol. The highest BCUT2D eigenvalue weighted by Crippen LogP contribution is 2.25. The Morgan fingerprint density at radius 2 is 1.47 bits per heavy atom. The summed E-state index contributed by atoms with van der Waals surface area (Å²) in [5.74, 6) is 0. The van der Waals surface area contributed by atoms with E-state index in [4.69, 9.17) is 0 Å². The molecule has 0 aromatic rings. The van der Waals surface area contributed by atoms with Crippen LogP contribution in [0.4, 0.5) is 0 Å². The van der Waals surface area contributed by atoms with Gasteiger partial charge < -0.3 is 0 Å². The van der Waals surface area contributed by atoms with Crippen LogP contribution in [-0.2, 0) is 0 Å². The van der Waals surface area contributed by atoms with Crippen molar-refractivity contribution in [3.63, 3.8) is 0 Å². The molecule has 0 saturated heterocycles. The summed E-state index contributed by atoms with van der Waals surface area (Å²) in [7, 11) is 0. The van der Waals surface area contributed by atoms with Gasteiger partial charge in [-0.05, 0) is 32.6 Å². The number of hydrogen-bond donors (Lipinski definition) is 0. The molecule has 0 heteroatoms. The third-order valence-corrected chi connectivity index (χ3v) is 1.78. The molecule has 0 atom stereocenters. The smallest absolute Gasteiger partial charge is 0.0140 e. The maximum Gasteiger partial charge on any atom is -0.0140 e. The SMILES string of the molecule is C=CC.C=CC(C)(C)C/C(C)=C\C.CC. The Morgan fingerprint density at radius 1 is 1.13 bits per heavy atom. The Bertz CT molecular complexity index is 170. The van der Waals surface area contributed by atoms with E-state index in [0.717, 1.165) is 6.42 Å². The van der Waals surface area contributed by atoms with E-state index < -0.39 is 0 Å². The van der Waals surface area contributed by atoms with Gasteiger partial charge in [-0.2, -0.15) is 0 Å². The summed E-state index contributed by atoms with van der Waals surface area (Å²) >= 11 is 0. The van der Waals surface area contributed by atoms with Crippen molar-refractivity contribution >= 4 is 0 Å². The molecule has 0 aliphatic heterocycles. The molecule has 0 nitrogen and oxygen atoms in total. The van der Waals surface area contributed by atoms with E-state index in [9.17, 15) is 0 Å². The predicted molar refractivity (Wildman–Crippen MR) is 75.2 cm³/mol. The number of allylic oxidation sites excluding steroid dienone is 4. The lowest BCUT2D eigenvalue weighted by atomic mass is 9.86. The van der Waals surface area contributed by atoms with Crippen molar-refractivity contribution in [3.8, 4) is 0 Å². The van der Waals surface area contributed by atoms with Crippen LogP contribution in [0.15, 0.2) is 37.0 Å².